The fraction of sp³-hybridized carbons (Fsp3) is 0.647. The first-order chi connectivity index (χ1) is 8.62. The molecule has 0 bridgehead atoms. The van der Waals surface area contributed by atoms with Crippen molar-refractivity contribution in [2.75, 3.05) is 0 Å². The van der Waals surface area contributed by atoms with Crippen molar-refractivity contribution < 1.29 is 0 Å². The number of hydrogen-bond donors (Lipinski definition) is 0. The van der Waals surface area contributed by atoms with E-state index in [0.29, 0.717) is 10.8 Å². The Morgan fingerprint density at radius 3 is 2.28 bits per heavy atom. The van der Waals surface area contributed by atoms with Crippen LogP contribution in [-0.4, -0.2) is 5.38 Å². The molecule has 1 atom stereocenters. The minimum atomic E-state index is 0.296. The Morgan fingerprint density at radius 2 is 1.72 bits per heavy atom. The second kappa shape index (κ2) is 6.10. The number of alkyl halides is 1. The van der Waals surface area contributed by atoms with E-state index in [9.17, 15) is 0 Å². The lowest BCUT2D eigenvalue weighted by molar-refractivity contribution is 0.221. The zero-order chi connectivity index (χ0) is 13.0. The smallest absolute Gasteiger partial charge is 0.0432 e. The second-order valence-corrected chi connectivity index (χ2v) is 6.85. The maximum Gasteiger partial charge on any atom is 0.0432 e. The van der Waals surface area contributed by atoms with Gasteiger partial charge in [-0.3, -0.25) is 0 Å². The molecule has 1 fully saturated rings. The summed E-state index contributed by atoms with van der Waals surface area (Å²) in [7, 11) is 0. The van der Waals surface area contributed by atoms with Gasteiger partial charge in [-0.15, -0.1) is 11.6 Å². The normalized spacial score (nSPS) is 20.2. The highest BCUT2D eigenvalue weighted by Crippen LogP contribution is 2.48. The SMILES string of the molecule is CC(C)CC1(C(Cl)Cc2ccccc2)CCCC1. The largest absolute Gasteiger partial charge is 0.122 e. The zero-order valence-corrected chi connectivity index (χ0v) is 12.4. The van der Waals surface area contributed by atoms with Crippen LogP contribution in [0.1, 0.15) is 51.5 Å². The monoisotopic (exact) mass is 264 g/mol. The number of halogens is 1. The van der Waals surface area contributed by atoms with Crippen LogP contribution in [0.25, 0.3) is 0 Å². The Hall–Kier alpha value is -0.490. The minimum absolute atomic E-state index is 0.296. The number of benzene rings is 1. The van der Waals surface area contributed by atoms with Gasteiger partial charge >= 0.3 is 0 Å². The van der Waals surface area contributed by atoms with Crippen molar-refractivity contribution >= 4 is 11.6 Å². The second-order valence-electron chi connectivity index (χ2n) is 6.32. The summed E-state index contributed by atoms with van der Waals surface area (Å²) in [5, 5.41) is 0.296. The topological polar surface area (TPSA) is 0 Å². The molecule has 1 aromatic carbocycles. The lowest BCUT2D eigenvalue weighted by atomic mass is 9.74. The summed E-state index contributed by atoms with van der Waals surface area (Å²) >= 11 is 6.82. The molecule has 0 aliphatic heterocycles. The van der Waals surface area contributed by atoms with Gasteiger partial charge in [-0.05, 0) is 42.6 Å². The third kappa shape index (κ3) is 3.29. The summed E-state index contributed by atoms with van der Waals surface area (Å²) in [6, 6.07) is 10.7. The van der Waals surface area contributed by atoms with Gasteiger partial charge in [-0.1, -0.05) is 57.0 Å². The Kier molecular flexibility index (Phi) is 4.72. The van der Waals surface area contributed by atoms with Crippen LogP contribution in [0, 0.1) is 11.3 Å². The van der Waals surface area contributed by atoms with Crippen LogP contribution >= 0.6 is 11.6 Å². The fourth-order valence-corrected chi connectivity index (χ4v) is 4.06. The van der Waals surface area contributed by atoms with E-state index in [1.54, 1.807) is 0 Å². The molecule has 18 heavy (non-hydrogen) atoms. The molecule has 1 aliphatic rings. The van der Waals surface area contributed by atoms with Crippen LogP contribution in [-0.2, 0) is 6.42 Å². The van der Waals surface area contributed by atoms with E-state index in [-0.39, 0.29) is 0 Å². The van der Waals surface area contributed by atoms with Crippen LogP contribution in [0.3, 0.4) is 0 Å². The third-order valence-electron chi connectivity index (χ3n) is 4.34. The van der Waals surface area contributed by atoms with Crippen molar-refractivity contribution in [3.05, 3.63) is 35.9 Å². The molecule has 100 valence electrons. The van der Waals surface area contributed by atoms with E-state index in [2.05, 4.69) is 44.2 Å². The number of hydrogen-bond acceptors (Lipinski definition) is 0. The maximum absolute atomic E-state index is 6.82. The van der Waals surface area contributed by atoms with Crippen molar-refractivity contribution in [3.8, 4) is 0 Å². The Bertz CT molecular complexity index is 349. The van der Waals surface area contributed by atoms with Crippen LogP contribution < -0.4 is 0 Å². The molecule has 0 heterocycles. The molecule has 1 aliphatic carbocycles. The highest BCUT2D eigenvalue weighted by Gasteiger charge is 2.40. The molecule has 0 aromatic heterocycles. The maximum atomic E-state index is 6.82. The summed E-state index contributed by atoms with van der Waals surface area (Å²) < 4.78 is 0. The Morgan fingerprint density at radius 1 is 1.11 bits per heavy atom. The third-order valence-corrected chi connectivity index (χ3v) is 4.95. The summed E-state index contributed by atoms with van der Waals surface area (Å²) in [6.45, 7) is 4.65. The van der Waals surface area contributed by atoms with Gasteiger partial charge in [0.1, 0.15) is 0 Å². The van der Waals surface area contributed by atoms with Gasteiger partial charge in [0.05, 0.1) is 0 Å². The van der Waals surface area contributed by atoms with Crippen molar-refractivity contribution in [1.29, 1.82) is 0 Å². The molecule has 0 amide bonds. The van der Waals surface area contributed by atoms with Crippen LogP contribution in [0.15, 0.2) is 30.3 Å². The lowest BCUT2D eigenvalue weighted by Gasteiger charge is -2.35. The molecule has 1 saturated carbocycles. The summed E-state index contributed by atoms with van der Waals surface area (Å²) in [6.07, 6.45) is 7.69. The van der Waals surface area contributed by atoms with Crippen molar-refractivity contribution in [2.45, 2.75) is 57.7 Å². The molecule has 0 nitrogen and oxygen atoms in total. The summed E-state index contributed by atoms with van der Waals surface area (Å²) in [5.74, 6) is 0.750. The van der Waals surface area contributed by atoms with Crippen molar-refractivity contribution in [2.24, 2.45) is 11.3 Å². The van der Waals surface area contributed by atoms with Gasteiger partial charge in [0.15, 0.2) is 0 Å². The molecule has 0 saturated heterocycles. The molecule has 2 rings (SSSR count). The summed E-state index contributed by atoms with van der Waals surface area (Å²) in [5.41, 5.74) is 1.78. The van der Waals surface area contributed by atoms with Crippen LogP contribution in [0.2, 0.25) is 0 Å². The first kappa shape index (κ1) is 13.9. The predicted molar refractivity (Wildman–Crippen MR) is 80.1 cm³/mol. The van der Waals surface area contributed by atoms with E-state index in [0.717, 1.165) is 12.3 Å². The molecule has 0 radical (unpaired) electrons. The predicted octanol–water partition coefficient (Wildman–Crippen LogP) is 5.44. The highest BCUT2D eigenvalue weighted by molar-refractivity contribution is 6.21. The molecular formula is C17H25Cl. The number of rotatable bonds is 5. The minimum Gasteiger partial charge on any atom is -0.122 e. The quantitative estimate of drug-likeness (QED) is 0.621. The van der Waals surface area contributed by atoms with Crippen LogP contribution in [0.5, 0.6) is 0 Å². The fourth-order valence-electron chi connectivity index (χ4n) is 3.57. The molecule has 0 N–H and O–H groups in total. The molecule has 1 unspecified atom stereocenters. The standard InChI is InChI=1S/C17H25Cl/c1-14(2)13-17(10-6-7-11-17)16(18)12-15-8-4-3-5-9-15/h3-5,8-9,14,16H,6-7,10-13H2,1-2H3. The van der Waals surface area contributed by atoms with E-state index in [4.69, 9.17) is 11.6 Å². The average molecular weight is 265 g/mol. The summed E-state index contributed by atoms with van der Waals surface area (Å²) in [4.78, 5) is 0. The zero-order valence-electron chi connectivity index (χ0n) is 11.7. The van der Waals surface area contributed by atoms with Gasteiger partial charge in [0, 0.05) is 5.38 Å². The first-order valence-electron chi connectivity index (χ1n) is 7.30. The highest BCUT2D eigenvalue weighted by atomic mass is 35.5. The molecular weight excluding hydrogens is 240 g/mol. The molecule has 0 spiro atoms. The van der Waals surface area contributed by atoms with Gasteiger partial charge < -0.3 is 0 Å². The lowest BCUT2D eigenvalue weighted by Crippen LogP contribution is -2.31. The molecule has 1 aromatic rings. The van der Waals surface area contributed by atoms with Gasteiger partial charge in [0.2, 0.25) is 0 Å². The Balaban J connectivity index is 2.06. The van der Waals surface area contributed by atoms with E-state index in [1.807, 2.05) is 0 Å². The van der Waals surface area contributed by atoms with Gasteiger partial charge in [-0.25, -0.2) is 0 Å². The molecule has 1 heteroatoms. The van der Waals surface area contributed by atoms with E-state index >= 15 is 0 Å². The first-order valence-corrected chi connectivity index (χ1v) is 7.74. The van der Waals surface area contributed by atoms with Gasteiger partial charge in [-0.2, -0.15) is 0 Å². The van der Waals surface area contributed by atoms with Gasteiger partial charge in [0.25, 0.3) is 0 Å². The van der Waals surface area contributed by atoms with Crippen LogP contribution in [0.4, 0.5) is 0 Å². The van der Waals surface area contributed by atoms with E-state index < -0.39 is 0 Å². The Labute approximate surface area is 117 Å². The van der Waals surface area contributed by atoms with E-state index in [1.165, 1.54) is 37.7 Å². The average Bonchev–Trinajstić information content (AvgIpc) is 2.79. The van der Waals surface area contributed by atoms with Crippen molar-refractivity contribution in [1.82, 2.24) is 0 Å². The van der Waals surface area contributed by atoms with Crippen molar-refractivity contribution in [3.63, 3.8) is 0 Å².